The summed E-state index contributed by atoms with van der Waals surface area (Å²) in [6, 6.07) is 2.14. The summed E-state index contributed by atoms with van der Waals surface area (Å²) in [7, 11) is 0. The summed E-state index contributed by atoms with van der Waals surface area (Å²) in [5, 5.41) is 6.60. The van der Waals surface area contributed by atoms with Crippen molar-refractivity contribution in [2.45, 2.75) is 6.92 Å². The molecule has 1 aromatic rings. The van der Waals surface area contributed by atoms with Crippen LogP contribution in [-0.4, -0.2) is 6.67 Å². The number of anilines is 1. The Kier molecular flexibility index (Phi) is 1.58. The van der Waals surface area contributed by atoms with Crippen LogP contribution in [0.5, 0.6) is 0 Å². The Bertz CT molecular complexity index is 277. The van der Waals surface area contributed by atoms with Crippen LogP contribution in [0.3, 0.4) is 0 Å². The minimum atomic E-state index is 0.904. The predicted octanol–water partition coefficient (Wildman–Crippen LogP) is 1.89. The lowest BCUT2D eigenvalue weighted by Crippen LogP contribution is -2.18. The number of hydrogen-bond acceptors (Lipinski definition) is 3. The molecule has 0 saturated carbocycles. The topological polar surface area (TPSA) is 15.3 Å². The summed E-state index contributed by atoms with van der Waals surface area (Å²) < 4.78 is 0. The monoisotopic (exact) mass is 166 g/mol. The van der Waals surface area contributed by atoms with Gasteiger partial charge in [-0.25, -0.2) is 0 Å². The van der Waals surface area contributed by atoms with Crippen molar-refractivity contribution in [3.63, 3.8) is 0 Å². The molecular formula is C8H10N2S. The standard InChI is InChI=1S/C8H10N2S/c1-7-2-5-11-8(7)10-4-3-9-6-10/h2-5,9H,6H2,1H3. The van der Waals surface area contributed by atoms with Gasteiger partial charge in [0.05, 0.1) is 11.7 Å². The number of rotatable bonds is 1. The first-order valence-corrected chi connectivity index (χ1v) is 4.47. The molecule has 0 bridgehead atoms. The third kappa shape index (κ3) is 1.12. The molecule has 1 N–H and O–H groups in total. The summed E-state index contributed by atoms with van der Waals surface area (Å²) in [5.41, 5.74) is 1.35. The zero-order valence-corrected chi connectivity index (χ0v) is 7.19. The Morgan fingerprint density at radius 2 is 2.55 bits per heavy atom. The van der Waals surface area contributed by atoms with Crippen LogP contribution in [0, 0.1) is 6.92 Å². The predicted molar refractivity (Wildman–Crippen MR) is 48.7 cm³/mol. The van der Waals surface area contributed by atoms with Gasteiger partial charge >= 0.3 is 0 Å². The van der Waals surface area contributed by atoms with Gasteiger partial charge < -0.3 is 10.2 Å². The van der Waals surface area contributed by atoms with E-state index in [0.29, 0.717) is 0 Å². The number of nitrogens with one attached hydrogen (secondary N) is 1. The maximum Gasteiger partial charge on any atom is 0.0993 e. The van der Waals surface area contributed by atoms with Crippen molar-refractivity contribution in [1.29, 1.82) is 0 Å². The normalized spacial score (nSPS) is 15.5. The molecule has 2 heterocycles. The van der Waals surface area contributed by atoms with Gasteiger partial charge in [-0.2, -0.15) is 0 Å². The van der Waals surface area contributed by atoms with Crippen LogP contribution >= 0.6 is 11.3 Å². The number of hydrogen-bond donors (Lipinski definition) is 1. The molecule has 11 heavy (non-hydrogen) atoms. The quantitative estimate of drug-likeness (QED) is 0.685. The van der Waals surface area contributed by atoms with Gasteiger partial charge in [-0.15, -0.1) is 11.3 Å². The van der Waals surface area contributed by atoms with Crippen molar-refractivity contribution >= 4 is 16.3 Å². The summed E-state index contributed by atoms with van der Waals surface area (Å²) in [6.45, 7) is 3.04. The van der Waals surface area contributed by atoms with E-state index in [1.165, 1.54) is 10.6 Å². The number of thiophene rings is 1. The van der Waals surface area contributed by atoms with Crippen molar-refractivity contribution in [2.24, 2.45) is 0 Å². The van der Waals surface area contributed by atoms with Crippen molar-refractivity contribution < 1.29 is 0 Å². The molecule has 0 spiro atoms. The highest BCUT2D eigenvalue weighted by molar-refractivity contribution is 7.14. The average molecular weight is 166 g/mol. The maximum absolute atomic E-state index is 3.14. The van der Waals surface area contributed by atoms with Crippen LogP contribution in [0.25, 0.3) is 0 Å². The first kappa shape index (κ1) is 6.73. The molecule has 0 amide bonds. The van der Waals surface area contributed by atoms with E-state index in [2.05, 4.69) is 34.8 Å². The van der Waals surface area contributed by atoms with Gasteiger partial charge in [0.15, 0.2) is 0 Å². The molecule has 0 fully saturated rings. The Morgan fingerprint density at radius 1 is 1.64 bits per heavy atom. The zero-order chi connectivity index (χ0) is 7.68. The Balaban J connectivity index is 2.28. The fraction of sp³-hybridized carbons (Fsp3) is 0.250. The number of aryl methyl sites for hydroxylation is 1. The van der Waals surface area contributed by atoms with Gasteiger partial charge in [0.1, 0.15) is 0 Å². The van der Waals surface area contributed by atoms with Crippen LogP contribution in [0.15, 0.2) is 23.8 Å². The lowest BCUT2D eigenvalue weighted by molar-refractivity contribution is 0.905. The first-order chi connectivity index (χ1) is 5.38. The summed E-state index contributed by atoms with van der Waals surface area (Å²) in [5.74, 6) is 0. The van der Waals surface area contributed by atoms with E-state index in [1.54, 1.807) is 11.3 Å². The molecule has 1 aliphatic rings. The minimum Gasteiger partial charge on any atom is -0.372 e. The van der Waals surface area contributed by atoms with E-state index in [-0.39, 0.29) is 0 Å². The van der Waals surface area contributed by atoms with Crippen LogP contribution in [0.2, 0.25) is 0 Å². The molecule has 58 valence electrons. The average Bonchev–Trinajstić information content (AvgIpc) is 2.55. The molecule has 0 atom stereocenters. The second-order valence-electron chi connectivity index (χ2n) is 2.56. The Hall–Kier alpha value is -0.960. The van der Waals surface area contributed by atoms with Crippen molar-refractivity contribution in [1.82, 2.24) is 5.32 Å². The minimum absolute atomic E-state index is 0.904. The maximum atomic E-state index is 3.14. The largest absolute Gasteiger partial charge is 0.372 e. The molecule has 2 nitrogen and oxygen atoms in total. The third-order valence-electron chi connectivity index (χ3n) is 1.73. The molecule has 3 heteroatoms. The summed E-state index contributed by atoms with van der Waals surface area (Å²) in [6.07, 6.45) is 4.04. The van der Waals surface area contributed by atoms with Gasteiger partial charge in [-0.3, -0.25) is 0 Å². The summed E-state index contributed by atoms with van der Waals surface area (Å²) in [4.78, 5) is 2.21. The molecule has 2 rings (SSSR count). The Morgan fingerprint density at radius 3 is 3.09 bits per heavy atom. The third-order valence-corrected chi connectivity index (χ3v) is 2.78. The Labute approximate surface area is 70.1 Å². The van der Waals surface area contributed by atoms with Crippen LogP contribution in [-0.2, 0) is 0 Å². The second kappa shape index (κ2) is 2.58. The van der Waals surface area contributed by atoms with E-state index in [9.17, 15) is 0 Å². The van der Waals surface area contributed by atoms with Gasteiger partial charge in [0.25, 0.3) is 0 Å². The molecule has 0 aromatic carbocycles. The lowest BCUT2D eigenvalue weighted by atomic mass is 10.3. The van der Waals surface area contributed by atoms with Gasteiger partial charge in [0, 0.05) is 12.4 Å². The second-order valence-corrected chi connectivity index (χ2v) is 3.45. The van der Waals surface area contributed by atoms with Gasteiger partial charge in [-0.1, -0.05) is 0 Å². The van der Waals surface area contributed by atoms with E-state index in [0.717, 1.165) is 6.67 Å². The highest BCUT2D eigenvalue weighted by Gasteiger charge is 2.09. The first-order valence-electron chi connectivity index (χ1n) is 3.59. The van der Waals surface area contributed by atoms with Gasteiger partial charge in [-0.05, 0) is 23.9 Å². The fourth-order valence-corrected chi connectivity index (χ4v) is 2.06. The molecule has 0 saturated heterocycles. The van der Waals surface area contributed by atoms with E-state index < -0.39 is 0 Å². The molecule has 0 radical (unpaired) electrons. The van der Waals surface area contributed by atoms with E-state index in [1.807, 2.05) is 6.20 Å². The van der Waals surface area contributed by atoms with Crippen LogP contribution < -0.4 is 10.2 Å². The molecule has 0 aliphatic carbocycles. The van der Waals surface area contributed by atoms with Crippen molar-refractivity contribution in [3.05, 3.63) is 29.4 Å². The zero-order valence-electron chi connectivity index (χ0n) is 6.37. The highest BCUT2D eigenvalue weighted by atomic mass is 32.1. The molecular weight excluding hydrogens is 156 g/mol. The molecule has 1 aromatic heterocycles. The van der Waals surface area contributed by atoms with E-state index >= 15 is 0 Å². The fourth-order valence-electron chi connectivity index (χ4n) is 1.14. The highest BCUT2D eigenvalue weighted by Crippen LogP contribution is 2.27. The number of nitrogens with zero attached hydrogens (tertiary/aromatic N) is 1. The molecule has 0 unspecified atom stereocenters. The van der Waals surface area contributed by atoms with Crippen LogP contribution in [0.4, 0.5) is 5.00 Å². The van der Waals surface area contributed by atoms with Crippen LogP contribution in [0.1, 0.15) is 5.56 Å². The summed E-state index contributed by atoms with van der Waals surface area (Å²) >= 11 is 1.78. The molecule has 1 aliphatic heterocycles. The lowest BCUT2D eigenvalue weighted by Gasteiger charge is -2.12. The van der Waals surface area contributed by atoms with Crippen molar-refractivity contribution in [2.75, 3.05) is 11.6 Å². The smallest absolute Gasteiger partial charge is 0.0993 e. The van der Waals surface area contributed by atoms with Gasteiger partial charge in [0.2, 0.25) is 0 Å². The van der Waals surface area contributed by atoms with Crippen molar-refractivity contribution in [3.8, 4) is 0 Å². The van der Waals surface area contributed by atoms with E-state index in [4.69, 9.17) is 0 Å². The SMILES string of the molecule is Cc1ccsc1N1C=CNC1.